The van der Waals surface area contributed by atoms with Gasteiger partial charge < -0.3 is 4.90 Å². The molecule has 19 heavy (non-hydrogen) atoms. The molecule has 2 aromatic rings. The predicted octanol–water partition coefficient (Wildman–Crippen LogP) is 1.82. The first-order valence-electron chi connectivity index (χ1n) is 6.36. The molecule has 0 radical (unpaired) electrons. The summed E-state index contributed by atoms with van der Waals surface area (Å²) in [5.41, 5.74) is 1.33. The van der Waals surface area contributed by atoms with Crippen molar-refractivity contribution in [1.82, 2.24) is 19.5 Å². The molecular formula is C13H15ClN4O. The summed E-state index contributed by atoms with van der Waals surface area (Å²) >= 11 is 5.99. The fourth-order valence-electron chi connectivity index (χ4n) is 2.65. The molecule has 0 N–H and O–H groups in total. The molecule has 6 heteroatoms. The number of hydrogen-bond acceptors (Lipinski definition) is 3. The molecule has 3 heterocycles. The van der Waals surface area contributed by atoms with E-state index in [9.17, 15) is 4.79 Å². The van der Waals surface area contributed by atoms with Gasteiger partial charge in [-0.05, 0) is 12.3 Å². The van der Waals surface area contributed by atoms with E-state index in [1.165, 1.54) is 0 Å². The predicted molar refractivity (Wildman–Crippen MR) is 72.3 cm³/mol. The van der Waals surface area contributed by atoms with E-state index in [2.05, 4.69) is 17.0 Å². The zero-order valence-electron chi connectivity index (χ0n) is 10.7. The van der Waals surface area contributed by atoms with Gasteiger partial charge in [-0.1, -0.05) is 6.92 Å². The maximum atomic E-state index is 12.6. The van der Waals surface area contributed by atoms with Crippen molar-refractivity contribution >= 4 is 23.0 Å². The molecule has 0 aromatic carbocycles. The van der Waals surface area contributed by atoms with Crippen molar-refractivity contribution in [2.75, 3.05) is 12.4 Å². The lowest BCUT2D eigenvalue weighted by molar-refractivity contribution is 0.0739. The first-order chi connectivity index (χ1) is 9.22. The van der Waals surface area contributed by atoms with Crippen LogP contribution in [-0.4, -0.2) is 43.9 Å². The molecule has 1 saturated heterocycles. The van der Waals surface area contributed by atoms with Gasteiger partial charge in [0, 0.05) is 30.9 Å². The monoisotopic (exact) mass is 278 g/mol. The van der Waals surface area contributed by atoms with Crippen molar-refractivity contribution in [2.45, 2.75) is 19.4 Å². The van der Waals surface area contributed by atoms with Crippen molar-refractivity contribution in [3.8, 4) is 0 Å². The Labute approximate surface area is 116 Å². The van der Waals surface area contributed by atoms with Gasteiger partial charge in [-0.25, -0.2) is 4.52 Å². The summed E-state index contributed by atoms with van der Waals surface area (Å²) in [7, 11) is 0. The van der Waals surface area contributed by atoms with Gasteiger partial charge in [0.15, 0.2) is 0 Å². The highest BCUT2D eigenvalue weighted by atomic mass is 35.5. The molecule has 5 nitrogen and oxygen atoms in total. The van der Waals surface area contributed by atoms with Gasteiger partial charge in [0.05, 0.1) is 23.5 Å². The van der Waals surface area contributed by atoms with Crippen molar-refractivity contribution in [2.24, 2.45) is 5.92 Å². The van der Waals surface area contributed by atoms with Crippen LogP contribution >= 0.6 is 11.6 Å². The van der Waals surface area contributed by atoms with Crippen LogP contribution in [0.4, 0.5) is 0 Å². The second-order valence-electron chi connectivity index (χ2n) is 4.95. The second-order valence-corrected chi connectivity index (χ2v) is 5.26. The molecule has 2 atom stereocenters. The van der Waals surface area contributed by atoms with Crippen LogP contribution in [0.3, 0.4) is 0 Å². The number of carbonyl (C=O) groups is 1. The number of alkyl halides is 1. The quantitative estimate of drug-likeness (QED) is 0.788. The van der Waals surface area contributed by atoms with Crippen molar-refractivity contribution < 1.29 is 4.79 Å². The normalized spacial score (nSPS) is 23.2. The molecule has 0 spiro atoms. The average molecular weight is 279 g/mol. The summed E-state index contributed by atoms with van der Waals surface area (Å²) in [5.74, 6) is 0.920. The second kappa shape index (κ2) is 4.81. The summed E-state index contributed by atoms with van der Waals surface area (Å²) in [6, 6.07) is 0.112. The standard InChI is InChI=1S/C13H15ClN4O/c1-9-2-4-17(11(9)6-14)13(19)10-7-16-18-5-3-15-8-12(10)18/h3,5,7-9,11H,2,4,6H2,1H3. The lowest BCUT2D eigenvalue weighted by Crippen LogP contribution is -2.38. The van der Waals surface area contributed by atoms with Crippen LogP contribution < -0.4 is 0 Å². The van der Waals surface area contributed by atoms with E-state index in [1.54, 1.807) is 29.3 Å². The van der Waals surface area contributed by atoms with Crippen LogP contribution in [0.15, 0.2) is 24.8 Å². The zero-order valence-corrected chi connectivity index (χ0v) is 11.4. The van der Waals surface area contributed by atoms with Gasteiger partial charge in [0.2, 0.25) is 0 Å². The summed E-state index contributed by atoms with van der Waals surface area (Å²) in [6.45, 7) is 2.90. The van der Waals surface area contributed by atoms with E-state index in [-0.39, 0.29) is 11.9 Å². The van der Waals surface area contributed by atoms with E-state index >= 15 is 0 Å². The van der Waals surface area contributed by atoms with Gasteiger partial charge in [-0.2, -0.15) is 5.10 Å². The Hall–Kier alpha value is -1.62. The Morgan fingerprint density at radius 3 is 3.16 bits per heavy atom. The lowest BCUT2D eigenvalue weighted by atomic mass is 10.0. The number of fused-ring (bicyclic) bond motifs is 1. The molecule has 1 aliphatic heterocycles. The van der Waals surface area contributed by atoms with E-state index in [0.29, 0.717) is 17.4 Å². The molecule has 3 rings (SSSR count). The van der Waals surface area contributed by atoms with Crippen LogP contribution in [0, 0.1) is 5.92 Å². The smallest absolute Gasteiger partial charge is 0.258 e. The minimum Gasteiger partial charge on any atom is -0.334 e. The third-order valence-electron chi connectivity index (χ3n) is 3.86. The SMILES string of the molecule is CC1CCN(C(=O)c2cnn3ccncc23)C1CCl. The summed E-state index contributed by atoms with van der Waals surface area (Å²) in [6.07, 6.45) is 7.65. The van der Waals surface area contributed by atoms with Gasteiger partial charge >= 0.3 is 0 Å². The molecule has 2 aromatic heterocycles. The highest BCUT2D eigenvalue weighted by Crippen LogP contribution is 2.27. The van der Waals surface area contributed by atoms with Gasteiger partial charge in [0.25, 0.3) is 5.91 Å². The highest BCUT2D eigenvalue weighted by molar-refractivity contribution is 6.18. The fraction of sp³-hybridized carbons (Fsp3) is 0.462. The Balaban J connectivity index is 1.96. The largest absolute Gasteiger partial charge is 0.334 e. The van der Waals surface area contributed by atoms with Crippen LogP contribution in [0.5, 0.6) is 0 Å². The average Bonchev–Trinajstić information content (AvgIpc) is 3.01. The summed E-state index contributed by atoms with van der Waals surface area (Å²) in [4.78, 5) is 18.5. The topological polar surface area (TPSA) is 50.5 Å². The maximum absolute atomic E-state index is 12.6. The summed E-state index contributed by atoms with van der Waals surface area (Å²) in [5, 5.41) is 4.18. The van der Waals surface area contributed by atoms with Gasteiger partial charge in [-0.15, -0.1) is 11.6 Å². The number of carbonyl (C=O) groups excluding carboxylic acids is 1. The van der Waals surface area contributed by atoms with Crippen LogP contribution in [-0.2, 0) is 0 Å². The third-order valence-corrected chi connectivity index (χ3v) is 4.17. The van der Waals surface area contributed by atoms with Crippen LogP contribution in [0.1, 0.15) is 23.7 Å². The molecule has 0 aliphatic carbocycles. The molecule has 1 fully saturated rings. The van der Waals surface area contributed by atoms with Crippen molar-refractivity contribution in [1.29, 1.82) is 0 Å². The Bertz CT molecular complexity index is 611. The van der Waals surface area contributed by atoms with E-state index in [1.807, 2.05) is 4.90 Å². The van der Waals surface area contributed by atoms with E-state index in [0.717, 1.165) is 18.5 Å². The Morgan fingerprint density at radius 2 is 2.37 bits per heavy atom. The van der Waals surface area contributed by atoms with Crippen molar-refractivity contribution in [3.05, 3.63) is 30.4 Å². The van der Waals surface area contributed by atoms with Gasteiger partial charge in [-0.3, -0.25) is 9.78 Å². The maximum Gasteiger partial charge on any atom is 0.258 e. The van der Waals surface area contributed by atoms with Gasteiger partial charge in [0.1, 0.15) is 0 Å². The molecule has 0 saturated carbocycles. The minimum atomic E-state index is -0.00185. The number of nitrogens with zero attached hydrogens (tertiary/aromatic N) is 4. The first-order valence-corrected chi connectivity index (χ1v) is 6.90. The number of likely N-dealkylation sites (tertiary alicyclic amines) is 1. The molecule has 1 aliphatic rings. The van der Waals surface area contributed by atoms with Crippen molar-refractivity contribution in [3.63, 3.8) is 0 Å². The van der Waals surface area contributed by atoms with Crippen LogP contribution in [0.25, 0.3) is 5.52 Å². The number of aromatic nitrogens is 3. The molecule has 0 bridgehead atoms. The number of hydrogen-bond donors (Lipinski definition) is 0. The highest BCUT2D eigenvalue weighted by Gasteiger charge is 2.35. The minimum absolute atomic E-state index is 0.00185. The van der Waals surface area contributed by atoms with E-state index < -0.39 is 0 Å². The number of halogens is 1. The van der Waals surface area contributed by atoms with Crippen LogP contribution in [0.2, 0.25) is 0 Å². The fourth-order valence-corrected chi connectivity index (χ4v) is 3.12. The Morgan fingerprint density at radius 1 is 1.53 bits per heavy atom. The summed E-state index contributed by atoms with van der Waals surface area (Å²) < 4.78 is 1.66. The number of amides is 1. The molecular weight excluding hydrogens is 264 g/mol. The first kappa shape index (κ1) is 12.4. The lowest BCUT2D eigenvalue weighted by Gasteiger charge is -2.24. The zero-order chi connectivity index (χ0) is 13.4. The molecule has 2 unspecified atom stereocenters. The molecule has 100 valence electrons. The third kappa shape index (κ3) is 1.98. The molecule has 1 amide bonds. The number of rotatable bonds is 2. The van der Waals surface area contributed by atoms with E-state index in [4.69, 9.17) is 11.6 Å². The Kier molecular flexibility index (Phi) is 3.14.